The molecule has 1 fully saturated rings. The van der Waals surface area contributed by atoms with Crippen LogP contribution < -0.4 is 14.8 Å². The molecule has 1 aliphatic heterocycles. The Morgan fingerprint density at radius 3 is 2.54 bits per heavy atom. The van der Waals surface area contributed by atoms with Gasteiger partial charge in [0.2, 0.25) is 0 Å². The number of hydrogen-bond acceptors (Lipinski definition) is 6. The first kappa shape index (κ1) is 29.5. The summed E-state index contributed by atoms with van der Waals surface area (Å²) < 4.78 is 12.9. The number of ether oxygens (including phenoxy) is 2. The molecule has 6 nitrogen and oxygen atoms in total. The van der Waals surface area contributed by atoms with Crippen LogP contribution in [0.4, 0.5) is 11.5 Å². The van der Waals surface area contributed by atoms with Gasteiger partial charge in [-0.05, 0) is 98.1 Å². The highest BCUT2D eigenvalue weighted by molar-refractivity contribution is 9.10. The summed E-state index contributed by atoms with van der Waals surface area (Å²) >= 11 is 9.71. The van der Waals surface area contributed by atoms with Gasteiger partial charge in [-0.3, -0.25) is 0 Å². The molecule has 0 saturated carbocycles. The highest BCUT2D eigenvalue weighted by atomic mass is 79.9. The molecule has 1 N–H and O–H groups in total. The third kappa shape index (κ3) is 8.45. The van der Waals surface area contributed by atoms with Crippen molar-refractivity contribution >= 4 is 39.0 Å². The van der Waals surface area contributed by atoms with Crippen LogP contribution in [0.15, 0.2) is 41.1 Å². The first-order valence-corrected chi connectivity index (χ1v) is 14.2. The Kier molecular flexibility index (Phi) is 11.3. The van der Waals surface area contributed by atoms with Crippen LogP contribution in [-0.2, 0) is 0 Å². The minimum Gasteiger partial charge on any atom is -0.493 e. The van der Waals surface area contributed by atoms with E-state index in [-0.39, 0.29) is 0 Å². The van der Waals surface area contributed by atoms with E-state index in [0.29, 0.717) is 35.0 Å². The van der Waals surface area contributed by atoms with Gasteiger partial charge in [0.05, 0.1) is 18.7 Å². The molecule has 2 atom stereocenters. The van der Waals surface area contributed by atoms with Crippen molar-refractivity contribution < 1.29 is 9.47 Å². The molecule has 0 aliphatic carbocycles. The summed E-state index contributed by atoms with van der Waals surface area (Å²) in [5, 5.41) is 3.95. The van der Waals surface area contributed by atoms with Crippen LogP contribution in [0.3, 0.4) is 0 Å². The molecule has 0 radical (unpaired) electrons. The lowest BCUT2D eigenvalue weighted by atomic mass is 9.90. The summed E-state index contributed by atoms with van der Waals surface area (Å²) in [6, 6.07) is 10.1. The molecule has 1 aromatic carbocycles. The van der Waals surface area contributed by atoms with E-state index in [1.54, 1.807) is 13.4 Å². The van der Waals surface area contributed by atoms with Crippen LogP contribution in [0, 0.1) is 25.7 Å². The number of benzene rings is 1. The van der Waals surface area contributed by atoms with Crippen molar-refractivity contribution in [2.75, 3.05) is 32.1 Å². The fourth-order valence-corrected chi connectivity index (χ4v) is 5.17. The second-order valence-corrected chi connectivity index (χ2v) is 11.3. The van der Waals surface area contributed by atoms with Gasteiger partial charge in [-0.2, -0.15) is 0 Å². The van der Waals surface area contributed by atoms with E-state index >= 15 is 0 Å². The molecule has 1 aliphatic rings. The third-order valence-electron chi connectivity index (χ3n) is 6.99. The SMILES string of the molecule is CCC1CN(C(C)C)CC1CCCOc1cc(C)ncnc(Nc2ccc(Br)c(Cl)c2)c(C)cc1OC. The van der Waals surface area contributed by atoms with E-state index in [9.17, 15) is 0 Å². The summed E-state index contributed by atoms with van der Waals surface area (Å²) in [7, 11) is 1.66. The number of hydrogen-bond donors (Lipinski definition) is 1. The van der Waals surface area contributed by atoms with Gasteiger partial charge in [0.25, 0.3) is 0 Å². The number of nitrogens with zero attached hydrogens (tertiary/aromatic N) is 3. The van der Waals surface area contributed by atoms with Crippen LogP contribution in [0.1, 0.15) is 51.3 Å². The predicted molar refractivity (Wildman–Crippen MR) is 157 cm³/mol. The maximum atomic E-state index is 6.29. The van der Waals surface area contributed by atoms with Crippen molar-refractivity contribution in [1.82, 2.24) is 14.9 Å². The van der Waals surface area contributed by atoms with Gasteiger partial charge in [-0.25, -0.2) is 9.97 Å². The fourth-order valence-electron chi connectivity index (χ4n) is 4.74. The first-order valence-electron chi connectivity index (χ1n) is 13.1. The second-order valence-electron chi connectivity index (χ2n) is 9.99. The molecule has 0 amide bonds. The number of aromatic nitrogens is 2. The van der Waals surface area contributed by atoms with Gasteiger partial charge in [-0.1, -0.05) is 24.9 Å². The fraction of sp³-hybridized carbons (Fsp3) is 0.517. The van der Waals surface area contributed by atoms with Crippen LogP contribution >= 0.6 is 27.5 Å². The van der Waals surface area contributed by atoms with Gasteiger partial charge < -0.3 is 19.7 Å². The maximum Gasteiger partial charge on any atom is 0.162 e. The van der Waals surface area contributed by atoms with Gasteiger partial charge in [0.1, 0.15) is 12.1 Å². The molecule has 8 heteroatoms. The van der Waals surface area contributed by atoms with Crippen molar-refractivity contribution in [3.8, 4) is 11.5 Å². The number of halogens is 2. The number of methoxy groups -OCH3 is 1. The van der Waals surface area contributed by atoms with Crippen molar-refractivity contribution in [3.05, 3.63) is 57.4 Å². The van der Waals surface area contributed by atoms with Crippen molar-refractivity contribution in [2.24, 2.45) is 11.8 Å². The Morgan fingerprint density at radius 1 is 1.11 bits per heavy atom. The summed E-state index contributed by atoms with van der Waals surface area (Å²) in [5.41, 5.74) is 2.48. The maximum absolute atomic E-state index is 6.29. The average molecular weight is 592 g/mol. The Labute approximate surface area is 235 Å². The molecular weight excluding hydrogens is 552 g/mol. The lowest BCUT2D eigenvalue weighted by Crippen LogP contribution is -2.28. The lowest BCUT2D eigenvalue weighted by molar-refractivity contribution is 0.252. The van der Waals surface area contributed by atoms with E-state index in [0.717, 1.165) is 39.7 Å². The van der Waals surface area contributed by atoms with Gasteiger partial charge in [0.15, 0.2) is 11.5 Å². The highest BCUT2D eigenvalue weighted by Gasteiger charge is 2.32. The molecule has 3 rings (SSSR count). The van der Waals surface area contributed by atoms with Crippen LogP contribution in [-0.4, -0.2) is 47.7 Å². The minimum absolute atomic E-state index is 0.611. The Hall–Kier alpha value is -2.09. The van der Waals surface area contributed by atoms with Crippen LogP contribution in [0.5, 0.6) is 11.5 Å². The van der Waals surface area contributed by atoms with Gasteiger partial charge >= 0.3 is 0 Å². The zero-order valence-corrected chi connectivity index (χ0v) is 25.2. The Balaban J connectivity index is 1.78. The molecule has 1 aromatic heterocycles. The summed E-state index contributed by atoms with van der Waals surface area (Å²) in [6.07, 6.45) is 4.96. The quantitative estimate of drug-likeness (QED) is 0.283. The van der Waals surface area contributed by atoms with Crippen molar-refractivity contribution in [3.63, 3.8) is 0 Å². The molecule has 2 heterocycles. The van der Waals surface area contributed by atoms with Gasteiger partial charge in [-0.15, -0.1) is 0 Å². The second kappa shape index (κ2) is 14.2. The summed E-state index contributed by atoms with van der Waals surface area (Å²) in [6.45, 7) is 13.8. The largest absolute Gasteiger partial charge is 0.493 e. The number of nitrogens with one attached hydrogen (secondary N) is 1. The van der Waals surface area contributed by atoms with E-state index in [1.807, 2.05) is 44.2 Å². The zero-order valence-electron chi connectivity index (χ0n) is 22.9. The van der Waals surface area contributed by atoms with Gasteiger partial charge in [0, 0.05) is 41.1 Å². The lowest BCUT2D eigenvalue weighted by Gasteiger charge is -2.20. The molecular formula is C29H40BrClN4O2. The van der Waals surface area contributed by atoms with Crippen molar-refractivity contribution in [2.45, 2.75) is 59.9 Å². The summed E-state index contributed by atoms with van der Waals surface area (Å²) in [5.74, 6) is 3.46. The molecule has 202 valence electrons. The minimum atomic E-state index is 0.611. The molecule has 0 bridgehead atoms. The number of likely N-dealkylation sites (tertiary alicyclic amines) is 1. The average Bonchev–Trinajstić information content (AvgIpc) is 3.29. The number of rotatable bonds is 10. The topological polar surface area (TPSA) is 59.5 Å². The predicted octanol–water partition coefficient (Wildman–Crippen LogP) is 7.91. The van der Waals surface area contributed by atoms with E-state index < -0.39 is 0 Å². The van der Waals surface area contributed by atoms with E-state index in [4.69, 9.17) is 21.1 Å². The monoisotopic (exact) mass is 590 g/mol. The normalized spacial score (nSPS) is 17.5. The van der Waals surface area contributed by atoms with Crippen LogP contribution in [0.25, 0.3) is 0 Å². The van der Waals surface area contributed by atoms with E-state index in [2.05, 4.69) is 56.9 Å². The Bertz CT molecular complexity index is 1110. The number of aryl methyl sites for hydroxylation is 2. The third-order valence-corrected chi connectivity index (χ3v) is 8.22. The molecule has 0 spiro atoms. The smallest absolute Gasteiger partial charge is 0.162 e. The van der Waals surface area contributed by atoms with E-state index in [1.165, 1.54) is 25.9 Å². The van der Waals surface area contributed by atoms with Crippen LogP contribution in [0.2, 0.25) is 5.02 Å². The Morgan fingerprint density at radius 2 is 1.86 bits per heavy atom. The molecule has 37 heavy (non-hydrogen) atoms. The zero-order chi connectivity index (χ0) is 26.9. The molecule has 2 aromatic rings. The highest BCUT2D eigenvalue weighted by Crippen LogP contribution is 2.32. The molecule has 2 unspecified atom stereocenters. The van der Waals surface area contributed by atoms with Crippen molar-refractivity contribution in [1.29, 1.82) is 0 Å². The first-order chi connectivity index (χ1) is 17.7. The number of anilines is 2. The summed E-state index contributed by atoms with van der Waals surface area (Å²) in [4.78, 5) is 11.6. The standard InChI is InChI=1S/C29H40BrClN4O2/c1-7-22-16-35(19(2)3)17-23(22)9-8-12-37-28-14-21(5)32-18-33-29(20(4)13-27(28)36-6)34-24-10-11-25(30)26(31)15-24/h10-11,13-15,18-19,22-23H,7-9,12,16-17H2,1-6H3,(H,32,33,34). The molecule has 1 saturated heterocycles.